The van der Waals surface area contributed by atoms with Gasteiger partial charge < -0.3 is 28.4 Å². The maximum absolute atomic E-state index is 12.7. The lowest BCUT2D eigenvalue weighted by atomic mass is 9.98. The van der Waals surface area contributed by atoms with Crippen molar-refractivity contribution >= 4 is 45.8 Å². The van der Waals surface area contributed by atoms with E-state index in [2.05, 4.69) is 15.9 Å². The van der Waals surface area contributed by atoms with Gasteiger partial charge in [0.15, 0.2) is 12.2 Å². The summed E-state index contributed by atoms with van der Waals surface area (Å²) in [6, 6.07) is 6.28. The van der Waals surface area contributed by atoms with Crippen molar-refractivity contribution in [3.63, 3.8) is 0 Å². The molecule has 1 aliphatic rings. The molecule has 1 saturated heterocycles. The van der Waals surface area contributed by atoms with Gasteiger partial charge >= 0.3 is 29.8 Å². The van der Waals surface area contributed by atoms with Crippen molar-refractivity contribution in [2.45, 2.75) is 58.4 Å². The molecule has 1 aliphatic heterocycles. The van der Waals surface area contributed by atoms with Crippen LogP contribution in [0.2, 0.25) is 0 Å². The number of halogens is 1. The molecular weight excluding hydrogens is 508 g/mol. The minimum absolute atomic E-state index is 0.150. The first-order chi connectivity index (χ1) is 15.5. The van der Waals surface area contributed by atoms with Crippen LogP contribution >= 0.6 is 15.9 Å². The number of hydrogen-bond donors (Lipinski definition) is 0. The standard InChI is InChI=1S/C21H23BrO11/c1-10(23)28-9-16-17(29-11(2)24)18(30-12(3)25)19(31-13(4)26)21(32-16)33-20(27)14-6-5-7-15(22)8-14/h5-8,16-19,21H,9H2,1-4H3/t16-,17-,18+,19-,21+/m1/s1. The molecule has 2 rings (SSSR count). The summed E-state index contributed by atoms with van der Waals surface area (Å²) >= 11 is 3.25. The first-order valence-electron chi connectivity index (χ1n) is 9.75. The maximum Gasteiger partial charge on any atom is 0.340 e. The molecule has 33 heavy (non-hydrogen) atoms. The van der Waals surface area contributed by atoms with Gasteiger partial charge in [-0.25, -0.2) is 4.79 Å². The Bertz CT molecular complexity index is 915. The molecule has 0 unspecified atom stereocenters. The largest absolute Gasteiger partial charge is 0.463 e. The van der Waals surface area contributed by atoms with Crippen LogP contribution in [-0.4, -0.2) is 67.2 Å². The summed E-state index contributed by atoms with van der Waals surface area (Å²) in [5.74, 6) is -3.85. The fourth-order valence-corrected chi connectivity index (χ4v) is 3.47. The summed E-state index contributed by atoms with van der Waals surface area (Å²) < 4.78 is 32.5. The van der Waals surface area contributed by atoms with Gasteiger partial charge in [0.25, 0.3) is 0 Å². The van der Waals surface area contributed by atoms with Gasteiger partial charge in [-0.2, -0.15) is 0 Å². The number of carbonyl (C=O) groups is 5. The van der Waals surface area contributed by atoms with E-state index >= 15 is 0 Å². The third-order valence-electron chi connectivity index (χ3n) is 4.23. The van der Waals surface area contributed by atoms with Gasteiger partial charge in [-0.15, -0.1) is 0 Å². The van der Waals surface area contributed by atoms with Crippen molar-refractivity contribution in [3.8, 4) is 0 Å². The fraction of sp³-hybridized carbons (Fsp3) is 0.476. The van der Waals surface area contributed by atoms with Gasteiger partial charge in [0.05, 0.1) is 5.56 Å². The van der Waals surface area contributed by atoms with Gasteiger partial charge in [0.2, 0.25) is 12.4 Å². The van der Waals surface area contributed by atoms with Crippen LogP contribution in [-0.2, 0) is 47.6 Å². The summed E-state index contributed by atoms with van der Waals surface area (Å²) in [6.07, 6.45) is -7.05. The average Bonchev–Trinajstić information content (AvgIpc) is 2.69. The van der Waals surface area contributed by atoms with Crippen molar-refractivity contribution in [2.75, 3.05) is 6.61 Å². The first-order valence-corrected chi connectivity index (χ1v) is 10.5. The zero-order chi connectivity index (χ0) is 24.7. The van der Waals surface area contributed by atoms with E-state index in [9.17, 15) is 24.0 Å². The zero-order valence-electron chi connectivity index (χ0n) is 18.3. The summed E-state index contributed by atoms with van der Waals surface area (Å²) in [6.45, 7) is 4.01. The summed E-state index contributed by atoms with van der Waals surface area (Å²) in [5.41, 5.74) is 0.150. The molecule has 12 heteroatoms. The Balaban J connectivity index is 2.43. The van der Waals surface area contributed by atoms with Crippen molar-refractivity contribution in [1.82, 2.24) is 0 Å². The fourth-order valence-electron chi connectivity index (χ4n) is 3.07. The molecule has 5 atom stereocenters. The van der Waals surface area contributed by atoms with E-state index in [1.165, 1.54) is 12.1 Å². The lowest BCUT2D eigenvalue weighted by Gasteiger charge is -2.43. The number of carbonyl (C=O) groups excluding carboxylic acids is 5. The minimum Gasteiger partial charge on any atom is -0.463 e. The third-order valence-corrected chi connectivity index (χ3v) is 4.72. The number of benzene rings is 1. The van der Waals surface area contributed by atoms with Crippen LogP contribution in [0, 0.1) is 0 Å². The molecular formula is C21H23BrO11. The monoisotopic (exact) mass is 530 g/mol. The molecule has 0 radical (unpaired) electrons. The van der Waals surface area contributed by atoms with Crippen LogP contribution in [0.5, 0.6) is 0 Å². The van der Waals surface area contributed by atoms with Crippen LogP contribution in [0.25, 0.3) is 0 Å². The second kappa shape index (κ2) is 11.8. The molecule has 0 saturated carbocycles. The Hall–Kier alpha value is -2.99. The van der Waals surface area contributed by atoms with Gasteiger partial charge in [-0.1, -0.05) is 22.0 Å². The highest BCUT2D eigenvalue weighted by atomic mass is 79.9. The van der Waals surface area contributed by atoms with E-state index < -0.39 is 67.2 Å². The van der Waals surface area contributed by atoms with Crippen LogP contribution in [0.15, 0.2) is 28.7 Å². The first kappa shape index (κ1) is 26.3. The Morgan fingerprint density at radius 3 is 1.94 bits per heavy atom. The second-order valence-corrected chi connectivity index (χ2v) is 7.90. The Morgan fingerprint density at radius 1 is 0.818 bits per heavy atom. The molecule has 1 heterocycles. The quantitative estimate of drug-likeness (QED) is 0.375. The summed E-state index contributed by atoms with van der Waals surface area (Å²) in [4.78, 5) is 59.3. The minimum atomic E-state index is -1.59. The molecule has 1 aromatic rings. The van der Waals surface area contributed by atoms with E-state index in [1.54, 1.807) is 12.1 Å². The van der Waals surface area contributed by atoms with Gasteiger partial charge in [0.1, 0.15) is 12.7 Å². The maximum atomic E-state index is 12.7. The van der Waals surface area contributed by atoms with Crippen LogP contribution in [0.1, 0.15) is 38.1 Å². The molecule has 180 valence electrons. The molecule has 0 N–H and O–H groups in total. The summed E-state index contributed by atoms with van der Waals surface area (Å²) in [7, 11) is 0. The number of rotatable bonds is 7. The Kier molecular flexibility index (Phi) is 9.35. The Morgan fingerprint density at radius 2 is 1.39 bits per heavy atom. The SMILES string of the molecule is CC(=O)OC[C@H]1O[C@@H](OC(=O)c2cccc(Br)c2)[C@H](OC(C)=O)[C@@H](OC(C)=O)[C@@H]1OC(C)=O. The normalized spacial score (nSPS) is 24.2. The van der Waals surface area contributed by atoms with Gasteiger partial charge in [-0.3, -0.25) is 19.2 Å². The number of ether oxygens (including phenoxy) is 6. The highest BCUT2D eigenvalue weighted by Crippen LogP contribution is 2.30. The zero-order valence-corrected chi connectivity index (χ0v) is 19.9. The summed E-state index contributed by atoms with van der Waals surface area (Å²) in [5, 5.41) is 0. The highest BCUT2D eigenvalue weighted by molar-refractivity contribution is 9.10. The Labute approximate surface area is 197 Å². The third kappa shape index (κ3) is 7.82. The average molecular weight is 531 g/mol. The van der Waals surface area contributed by atoms with E-state index in [1.807, 2.05) is 0 Å². The van der Waals surface area contributed by atoms with Crippen LogP contribution in [0.3, 0.4) is 0 Å². The van der Waals surface area contributed by atoms with Crippen LogP contribution < -0.4 is 0 Å². The molecule has 1 aromatic carbocycles. The van der Waals surface area contributed by atoms with Crippen molar-refractivity contribution in [1.29, 1.82) is 0 Å². The van der Waals surface area contributed by atoms with Crippen molar-refractivity contribution < 1.29 is 52.4 Å². The molecule has 0 amide bonds. The van der Waals surface area contributed by atoms with E-state index in [0.29, 0.717) is 4.47 Å². The van der Waals surface area contributed by atoms with Crippen molar-refractivity contribution in [3.05, 3.63) is 34.3 Å². The van der Waals surface area contributed by atoms with Gasteiger partial charge in [0, 0.05) is 32.2 Å². The smallest absolute Gasteiger partial charge is 0.340 e. The molecule has 0 aromatic heterocycles. The number of hydrogen-bond acceptors (Lipinski definition) is 11. The van der Waals surface area contributed by atoms with Crippen molar-refractivity contribution in [2.24, 2.45) is 0 Å². The van der Waals surface area contributed by atoms with E-state index in [4.69, 9.17) is 28.4 Å². The molecule has 11 nitrogen and oxygen atoms in total. The highest BCUT2D eigenvalue weighted by Gasteiger charge is 2.53. The van der Waals surface area contributed by atoms with E-state index in [0.717, 1.165) is 27.7 Å². The topological polar surface area (TPSA) is 141 Å². The molecule has 0 bridgehead atoms. The predicted molar refractivity (Wildman–Crippen MR) is 112 cm³/mol. The second-order valence-electron chi connectivity index (χ2n) is 6.98. The van der Waals surface area contributed by atoms with Crippen LogP contribution in [0.4, 0.5) is 0 Å². The van der Waals surface area contributed by atoms with Gasteiger partial charge in [-0.05, 0) is 18.2 Å². The predicted octanol–water partition coefficient (Wildman–Crippen LogP) is 1.69. The number of esters is 5. The molecule has 0 spiro atoms. The molecule has 1 fully saturated rings. The van der Waals surface area contributed by atoms with E-state index in [-0.39, 0.29) is 5.56 Å². The lowest BCUT2D eigenvalue weighted by molar-refractivity contribution is -0.294. The molecule has 0 aliphatic carbocycles. The lowest BCUT2D eigenvalue weighted by Crippen LogP contribution is -2.63.